The van der Waals surface area contributed by atoms with Crippen LogP contribution in [0.5, 0.6) is 0 Å². The molecule has 1 aromatic carbocycles. The normalized spacial score (nSPS) is 14.5. The highest BCUT2D eigenvalue weighted by Crippen LogP contribution is 2.19. The van der Waals surface area contributed by atoms with Crippen molar-refractivity contribution < 1.29 is 4.79 Å². The van der Waals surface area contributed by atoms with Gasteiger partial charge in [-0.05, 0) is 43.3 Å². The van der Waals surface area contributed by atoms with Gasteiger partial charge in [-0.15, -0.1) is 0 Å². The molecule has 0 radical (unpaired) electrons. The topological polar surface area (TPSA) is 44.4 Å². The van der Waals surface area contributed by atoms with Crippen molar-refractivity contribution in [1.82, 2.24) is 10.2 Å². The first-order valence-corrected chi connectivity index (χ1v) is 7.43. The molecule has 108 valence electrons. The van der Waals surface area contributed by atoms with Gasteiger partial charge < -0.3 is 15.5 Å². The summed E-state index contributed by atoms with van der Waals surface area (Å²) in [5, 5.41) is 7.42. The molecular weight excluding hydrogens is 294 g/mol. The second-order valence-corrected chi connectivity index (χ2v) is 5.64. The van der Waals surface area contributed by atoms with E-state index in [2.05, 4.69) is 10.6 Å². The summed E-state index contributed by atoms with van der Waals surface area (Å²) in [6, 6.07) is 5.71. The number of nitrogens with zero attached hydrogens (tertiary/aromatic N) is 1. The SMILES string of the molecule is Cc1ccc(NC(=S)NCCN2CCCC2=O)cc1Cl. The molecule has 0 bridgehead atoms. The Morgan fingerprint density at radius 1 is 1.50 bits per heavy atom. The number of carbonyl (C=O) groups is 1. The van der Waals surface area contributed by atoms with E-state index >= 15 is 0 Å². The Balaban J connectivity index is 1.75. The molecule has 0 atom stereocenters. The quantitative estimate of drug-likeness (QED) is 0.839. The minimum Gasteiger partial charge on any atom is -0.361 e. The van der Waals surface area contributed by atoms with E-state index < -0.39 is 0 Å². The number of nitrogens with one attached hydrogen (secondary N) is 2. The Kier molecular flexibility index (Phi) is 5.20. The van der Waals surface area contributed by atoms with E-state index in [4.69, 9.17) is 23.8 Å². The van der Waals surface area contributed by atoms with Crippen LogP contribution in [-0.4, -0.2) is 35.6 Å². The van der Waals surface area contributed by atoms with Crippen molar-refractivity contribution in [2.24, 2.45) is 0 Å². The average molecular weight is 312 g/mol. The number of likely N-dealkylation sites (tertiary alicyclic amines) is 1. The van der Waals surface area contributed by atoms with Crippen molar-refractivity contribution >= 4 is 40.5 Å². The third-order valence-electron chi connectivity index (χ3n) is 3.27. The maximum Gasteiger partial charge on any atom is 0.222 e. The van der Waals surface area contributed by atoms with Gasteiger partial charge in [0.05, 0.1) is 0 Å². The molecule has 0 aliphatic carbocycles. The van der Waals surface area contributed by atoms with Crippen LogP contribution in [0.1, 0.15) is 18.4 Å². The molecule has 1 saturated heterocycles. The number of amides is 1. The Labute approximate surface area is 129 Å². The van der Waals surface area contributed by atoms with Gasteiger partial charge in [0.25, 0.3) is 0 Å². The number of anilines is 1. The van der Waals surface area contributed by atoms with Crippen molar-refractivity contribution in [2.75, 3.05) is 25.0 Å². The number of thiocarbonyl (C=S) groups is 1. The van der Waals surface area contributed by atoms with Crippen LogP contribution in [-0.2, 0) is 4.79 Å². The zero-order chi connectivity index (χ0) is 14.5. The van der Waals surface area contributed by atoms with Gasteiger partial charge in [-0.3, -0.25) is 4.79 Å². The van der Waals surface area contributed by atoms with Crippen molar-refractivity contribution in [3.63, 3.8) is 0 Å². The molecule has 20 heavy (non-hydrogen) atoms. The lowest BCUT2D eigenvalue weighted by Crippen LogP contribution is -2.37. The zero-order valence-corrected chi connectivity index (χ0v) is 13.0. The van der Waals surface area contributed by atoms with Gasteiger partial charge in [0.2, 0.25) is 5.91 Å². The lowest BCUT2D eigenvalue weighted by molar-refractivity contribution is -0.127. The van der Waals surface area contributed by atoms with Crippen LogP contribution in [0.2, 0.25) is 5.02 Å². The maximum atomic E-state index is 11.4. The second-order valence-electron chi connectivity index (χ2n) is 4.83. The molecule has 6 heteroatoms. The number of hydrogen-bond acceptors (Lipinski definition) is 2. The summed E-state index contributed by atoms with van der Waals surface area (Å²) < 4.78 is 0. The average Bonchev–Trinajstić information content (AvgIpc) is 2.80. The smallest absolute Gasteiger partial charge is 0.222 e. The fourth-order valence-electron chi connectivity index (χ4n) is 2.09. The molecule has 2 rings (SSSR count). The van der Waals surface area contributed by atoms with Crippen LogP contribution < -0.4 is 10.6 Å². The van der Waals surface area contributed by atoms with Crippen molar-refractivity contribution in [1.29, 1.82) is 0 Å². The summed E-state index contributed by atoms with van der Waals surface area (Å²) in [4.78, 5) is 13.3. The minimum atomic E-state index is 0.232. The van der Waals surface area contributed by atoms with E-state index in [0.717, 1.165) is 24.2 Å². The molecule has 1 aliphatic heterocycles. The lowest BCUT2D eigenvalue weighted by atomic mass is 10.2. The first kappa shape index (κ1) is 15.1. The molecule has 1 amide bonds. The lowest BCUT2D eigenvalue weighted by Gasteiger charge is -2.17. The van der Waals surface area contributed by atoms with Crippen molar-refractivity contribution in [3.05, 3.63) is 28.8 Å². The van der Waals surface area contributed by atoms with Crippen molar-refractivity contribution in [3.8, 4) is 0 Å². The van der Waals surface area contributed by atoms with Gasteiger partial charge in [-0.1, -0.05) is 17.7 Å². The van der Waals surface area contributed by atoms with Gasteiger partial charge in [0.1, 0.15) is 0 Å². The highest BCUT2D eigenvalue weighted by atomic mass is 35.5. The maximum absolute atomic E-state index is 11.4. The molecule has 0 saturated carbocycles. The standard InChI is InChI=1S/C14H18ClN3OS/c1-10-4-5-11(9-12(10)15)17-14(20)16-6-8-18-7-2-3-13(18)19/h4-5,9H,2-3,6-8H2,1H3,(H2,16,17,20). The van der Waals surface area contributed by atoms with Crippen LogP contribution in [0.4, 0.5) is 5.69 Å². The Morgan fingerprint density at radius 3 is 2.95 bits per heavy atom. The summed E-state index contributed by atoms with van der Waals surface area (Å²) in [6.45, 7) is 4.15. The fourth-order valence-corrected chi connectivity index (χ4v) is 2.49. The van der Waals surface area contributed by atoms with Crippen LogP contribution >= 0.6 is 23.8 Å². The first-order chi connectivity index (χ1) is 9.56. The number of rotatable bonds is 4. The Bertz CT molecular complexity index is 521. The molecule has 1 aromatic rings. The van der Waals surface area contributed by atoms with E-state index in [1.54, 1.807) is 0 Å². The predicted molar refractivity (Wildman–Crippen MR) is 86.2 cm³/mol. The summed E-state index contributed by atoms with van der Waals surface area (Å²) in [5.41, 5.74) is 1.89. The second kappa shape index (κ2) is 6.90. The van der Waals surface area contributed by atoms with Crippen LogP contribution in [0, 0.1) is 6.92 Å². The zero-order valence-electron chi connectivity index (χ0n) is 11.4. The van der Waals surface area contributed by atoms with Gasteiger partial charge in [0, 0.05) is 36.8 Å². The summed E-state index contributed by atoms with van der Waals surface area (Å²) >= 11 is 11.3. The van der Waals surface area contributed by atoms with Gasteiger partial charge in [-0.25, -0.2) is 0 Å². The molecule has 0 spiro atoms. The van der Waals surface area contributed by atoms with E-state index in [1.807, 2.05) is 30.0 Å². The Hall–Kier alpha value is -1.33. The Morgan fingerprint density at radius 2 is 2.30 bits per heavy atom. The van der Waals surface area contributed by atoms with E-state index in [-0.39, 0.29) is 5.91 Å². The summed E-state index contributed by atoms with van der Waals surface area (Å²) in [5.74, 6) is 0.232. The van der Waals surface area contributed by atoms with Gasteiger partial charge in [0.15, 0.2) is 5.11 Å². The van der Waals surface area contributed by atoms with Crippen LogP contribution in [0.25, 0.3) is 0 Å². The van der Waals surface area contributed by atoms with E-state index in [1.165, 1.54) is 0 Å². The van der Waals surface area contributed by atoms with Crippen LogP contribution in [0.3, 0.4) is 0 Å². The largest absolute Gasteiger partial charge is 0.361 e. The predicted octanol–water partition coefficient (Wildman–Crippen LogP) is 2.56. The fraction of sp³-hybridized carbons (Fsp3) is 0.429. The monoisotopic (exact) mass is 311 g/mol. The first-order valence-electron chi connectivity index (χ1n) is 6.65. The molecular formula is C14H18ClN3OS. The van der Waals surface area contributed by atoms with E-state index in [9.17, 15) is 4.79 Å². The van der Waals surface area contributed by atoms with Crippen molar-refractivity contribution in [2.45, 2.75) is 19.8 Å². The third kappa shape index (κ3) is 4.08. The molecule has 4 nitrogen and oxygen atoms in total. The number of carbonyl (C=O) groups excluding carboxylic acids is 1. The molecule has 1 heterocycles. The molecule has 1 fully saturated rings. The molecule has 0 unspecified atom stereocenters. The summed E-state index contributed by atoms with van der Waals surface area (Å²) in [7, 11) is 0. The number of aryl methyl sites for hydroxylation is 1. The highest BCUT2D eigenvalue weighted by molar-refractivity contribution is 7.80. The number of halogens is 1. The number of hydrogen-bond donors (Lipinski definition) is 2. The van der Waals surface area contributed by atoms with Crippen LogP contribution in [0.15, 0.2) is 18.2 Å². The number of benzene rings is 1. The molecule has 0 aromatic heterocycles. The van der Waals surface area contributed by atoms with E-state index in [0.29, 0.717) is 29.6 Å². The minimum absolute atomic E-state index is 0.232. The van der Waals surface area contributed by atoms with Gasteiger partial charge in [-0.2, -0.15) is 0 Å². The summed E-state index contributed by atoms with van der Waals surface area (Å²) in [6.07, 6.45) is 1.63. The molecule has 1 aliphatic rings. The third-order valence-corrected chi connectivity index (χ3v) is 3.92. The highest BCUT2D eigenvalue weighted by Gasteiger charge is 2.19. The van der Waals surface area contributed by atoms with Gasteiger partial charge >= 0.3 is 0 Å². The molecule has 2 N–H and O–H groups in total.